The fourth-order valence-electron chi connectivity index (χ4n) is 3.23. The zero-order valence-corrected chi connectivity index (χ0v) is 15.7. The average Bonchev–Trinajstić information content (AvgIpc) is 3.16. The molecule has 144 valence electrons. The van der Waals surface area contributed by atoms with Crippen molar-refractivity contribution < 1.29 is 18.7 Å². The van der Waals surface area contributed by atoms with Crippen LogP contribution in [0.5, 0.6) is 5.75 Å². The molecule has 1 N–H and O–H groups in total. The first-order valence-electron chi connectivity index (χ1n) is 8.81. The number of carbonyl (C=O) groups excluding carboxylic acids is 2. The highest BCUT2D eigenvalue weighted by atomic mass is 19.1. The lowest BCUT2D eigenvalue weighted by Gasteiger charge is -2.11. The predicted octanol–water partition coefficient (Wildman–Crippen LogP) is 4.21. The smallest absolute Gasteiger partial charge is 0.201 e. The number of fused-ring (bicyclic) bond motifs is 1. The van der Waals surface area contributed by atoms with Crippen LogP contribution in [-0.2, 0) is 0 Å². The van der Waals surface area contributed by atoms with Gasteiger partial charge < -0.3 is 9.72 Å². The minimum absolute atomic E-state index is 0.0585. The van der Waals surface area contributed by atoms with Crippen molar-refractivity contribution in [3.8, 4) is 16.9 Å². The molecular weight excluding hydrogens is 373 g/mol. The topological polar surface area (TPSA) is 84.9 Å². The summed E-state index contributed by atoms with van der Waals surface area (Å²) in [7, 11) is 1.34. The Kier molecular flexibility index (Phi) is 4.64. The van der Waals surface area contributed by atoms with Crippen LogP contribution in [-0.4, -0.2) is 33.6 Å². The third kappa shape index (κ3) is 3.16. The van der Waals surface area contributed by atoms with Crippen molar-refractivity contribution in [2.24, 2.45) is 0 Å². The highest BCUT2D eigenvalue weighted by molar-refractivity contribution is 6.18. The number of nitrogens with zero attached hydrogens (tertiary/aromatic N) is 2. The van der Waals surface area contributed by atoms with Gasteiger partial charge in [-0.2, -0.15) is 0 Å². The normalized spacial score (nSPS) is 10.9. The van der Waals surface area contributed by atoms with E-state index in [2.05, 4.69) is 15.0 Å². The van der Waals surface area contributed by atoms with E-state index in [1.54, 1.807) is 30.7 Å². The predicted molar refractivity (Wildman–Crippen MR) is 106 cm³/mol. The van der Waals surface area contributed by atoms with Gasteiger partial charge in [-0.3, -0.25) is 14.6 Å². The molecule has 0 aliphatic rings. The Bertz CT molecular complexity index is 1250. The first-order valence-corrected chi connectivity index (χ1v) is 8.81. The first kappa shape index (κ1) is 18.5. The van der Waals surface area contributed by atoms with Crippen LogP contribution in [0.25, 0.3) is 22.2 Å². The number of carbonyl (C=O) groups is 2. The number of halogens is 1. The van der Waals surface area contributed by atoms with Crippen LogP contribution < -0.4 is 4.74 Å². The van der Waals surface area contributed by atoms with Crippen LogP contribution in [0.4, 0.5) is 4.39 Å². The molecule has 0 aliphatic heterocycles. The highest BCUT2D eigenvalue weighted by Crippen LogP contribution is 2.31. The standard InChI is InChI=1S/C22H16FN3O3/c1-12(27)15-5-6-18(29-2)19(20(15)23)21(28)17-11-26-22-16(17)8-14(10-25-22)13-4-3-7-24-9-13/h3-11H,1-2H3,(H,25,26). The van der Waals surface area contributed by atoms with Crippen LogP contribution in [0, 0.1) is 5.82 Å². The molecule has 0 amide bonds. The van der Waals surface area contributed by atoms with Crippen molar-refractivity contribution >= 4 is 22.6 Å². The van der Waals surface area contributed by atoms with Crippen LogP contribution in [0.15, 0.2) is 55.1 Å². The molecule has 29 heavy (non-hydrogen) atoms. The number of H-pyrrole nitrogens is 1. The molecule has 0 spiro atoms. The van der Waals surface area contributed by atoms with Crippen LogP contribution >= 0.6 is 0 Å². The fraction of sp³-hybridized carbons (Fsp3) is 0.0909. The Hall–Kier alpha value is -3.87. The molecule has 0 radical (unpaired) electrons. The molecule has 7 heteroatoms. The van der Waals surface area contributed by atoms with Gasteiger partial charge in [-0.05, 0) is 31.2 Å². The largest absolute Gasteiger partial charge is 0.496 e. The molecule has 0 unspecified atom stereocenters. The third-order valence-corrected chi connectivity index (χ3v) is 4.70. The molecule has 0 saturated carbocycles. The van der Waals surface area contributed by atoms with E-state index in [0.29, 0.717) is 11.0 Å². The third-order valence-electron chi connectivity index (χ3n) is 4.70. The summed E-state index contributed by atoms with van der Waals surface area (Å²) in [6.07, 6.45) is 6.50. The molecule has 3 aromatic heterocycles. The summed E-state index contributed by atoms with van der Waals surface area (Å²) in [4.78, 5) is 36.4. The van der Waals surface area contributed by atoms with Gasteiger partial charge >= 0.3 is 0 Å². The van der Waals surface area contributed by atoms with Gasteiger partial charge in [-0.25, -0.2) is 9.37 Å². The van der Waals surface area contributed by atoms with E-state index in [1.807, 2.05) is 6.07 Å². The van der Waals surface area contributed by atoms with Crippen molar-refractivity contribution in [3.05, 3.63) is 77.6 Å². The van der Waals surface area contributed by atoms with Gasteiger partial charge in [0, 0.05) is 46.9 Å². The summed E-state index contributed by atoms with van der Waals surface area (Å²) in [6, 6.07) is 8.20. The monoisotopic (exact) mass is 389 g/mol. The van der Waals surface area contributed by atoms with Crippen molar-refractivity contribution in [2.75, 3.05) is 7.11 Å². The molecule has 3 heterocycles. The number of Topliss-reactive ketones (excluding diaryl/α,β-unsaturated/α-hetero) is 1. The van der Waals surface area contributed by atoms with Crippen LogP contribution in [0.2, 0.25) is 0 Å². The van der Waals surface area contributed by atoms with E-state index >= 15 is 4.39 Å². The lowest BCUT2D eigenvalue weighted by atomic mass is 9.97. The van der Waals surface area contributed by atoms with Crippen LogP contribution in [0.3, 0.4) is 0 Å². The van der Waals surface area contributed by atoms with Gasteiger partial charge in [0.2, 0.25) is 5.78 Å². The lowest BCUT2D eigenvalue weighted by molar-refractivity contribution is 0.101. The Morgan fingerprint density at radius 2 is 1.93 bits per heavy atom. The number of ketones is 2. The molecule has 0 saturated heterocycles. The zero-order chi connectivity index (χ0) is 20.5. The number of aromatic amines is 1. The van der Waals surface area contributed by atoms with Crippen molar-refractivity contribution in [3.63, 3.8) is 0 Å². The summed E-state index contributed by atoms with van der Waals surface area (Å²) >= 11 is 0. The number of methoxy groups -OCH3 is 1. The van der Waals surface area contributed by atoms with Crippen molar-refractivity contribution in [1.29, 1.82) is 0 Å². The maximum atomic E-state index is 15.0. The quantitative estimate of drug-likeness (QED) is 0.517. The molecule has 0 bridgehead atoms. The van der Waals surface area contributed by atoms with E-state index in [4.69, 9.17) is 4.74 Å². The molecule has 4 aromatic rings. The van der Waals surface area contributed by atoms with Gasteiger partial charge in [-0.15, -0.1) is 0 Å². The number of rotatable bonds is 5. The highest BCUT2D eigenvalue weighted by Gasteiger charge is 2.26. The van der Waals surface area contributed by atoms with Crippen LogP contribution in [0.1, 0.15) is 33.2 Å². The van der Waals surface area contributed by atoms with Gasteiger partial charge in [0.15, 0.2) is 5.78 Å². The molecule has 1 aromatic carbocycles. The summed E-state index contributed by atoms with van der Waals surface area (Å²) in [5.74, 6) is -1.91. The number of nitrogens with one attached hydrogen (secondary N) is 1. The van der Waals surface area contributed by atoms with Gasteiger partial charge in [0.1, 0.15) is 22.8 Å². The van der Waals surface area contributed by atoms with E-state index in [9.17, 15) is 9.59 Å². The fourth-order valence-corrected chi connectivity index (χ4v) is 3.23. The van der Waals surface area contributed by atoms with E-state index in [0.717, 1.165) is 11.1 Å². The van der Waals surface area contributed by atoms with Gasteiger partial charge in [0.25, 0.3) is 0 Å². The number of aromatic nitrogens is 3. The number of pyridine rings is 2. The Morgan fingerprint density at radius 3 is 2.62 bits per heavy atom. The Labute approximate surface area is 165 Å². The Balaban J connectivity index is 1.88. The number of ether oxygens (including phenoxy) is 1. The molecule has 4 rings (SSSR count). The molecule has 6 nitrogen and oxygen atoms in total. The second kappa shape index (κ2) is 7.27. The van der Waals surface area contributed by atoms with Gasteiger partial charge in [0.05, 0.1) is 12.7 Å². The number of benzene rings is 1. The minimum Gasteiger partial charge on any atom is -0.496 e. The summed E-state index contributed by atoms with van der Waals surface area (Å²) in [5.41, 5.74) is 1.88. The van der Waals surface area contributed by atoms with E-state index < -0.39 is 17.4 Å². The summed E-state index contributed by atoms with van der Waals surface area (Å²) in [5, 5.41) is 0.533. The van der Waals surface area contributed by atoms with E-state index in [1.165, 1.54) is 32.4 Å². The lowest BCUT2D eigenvalue weighted by Crippen LogP contribution is -2.10. The molecule has 0 fully saturated rings. The summed E-state index contributed by atoms with van der Waals surface area (Å²) < 4.78 is 20.2. The Morgan fingerprint density at radius 1 is 1.10 bits per heavy atom. The maximum absolute atomic E-state index is 15.0. The number of hydrogen-bond donors (Lipinski definition) is 1. The second-order valence-corrected chi connectivity index (χ2v) is 6.45. The van der Waals surface area contributed by atoms with E-state index in [-0.39, 0.29) is 22.4 Å². The second-order valence-electron chi connectivity index (χ2n) is 6.45. The molecular formula is C22H16FN3O3. The molecule has 0 atom stereocenters. The maximum Gasteiger partial charge on any atom is 0.201 e. The first-order chi connectivity index (χ1) is 14.0. The average molecular weight is 389 g/mol. The number of hydrogen-bond acceptors (Lipinski definition) is 5. The molecule has 0 aliphatic carbocycles. The van der Waals surface area contributed by atoms with Crippen molar-refractivity contribution in [2.45, 2.75) is 6.92 Å². The SMILES string of the molecule is COc1ccc(C(C)=O)c(F)c1C(=O)c1c[nH]c2ncc(-c3cccnc3)cc12. The minimum atomic E-state index is -0.896. The van der Waals surface area contributed by atoms with Crippen molar-refractivity contribution in [1.82, 2.24) is 15.0 Å². The summed E-state index contributed by atoms with van der Waals surface area (Å²) in [6.45, 7) is 1.24. The van der Waals surface area contributed by atoms with Gasteiger partial charge in [-0.1, -0.05) is 6.07 Å². The zero-order valence-electron chi connectivity index (χ0n) is 15.7.